The van der Waals surface area contributed by atoms with Gasteiger partial charge in [-0.1, -0.05) is 0 Å². The molecule has 144 valence electrons. The number of aromatic amines is 1. The summed E-state index contributed by atoms with van der Waals surface area (Å²) in [6.07, 6.45) is 7.76. The van der Waals surface area contributed by atoms with E-state index in [1.165, 1.54) is 0 Å². The average Bonchev–Trinajstić information content (AvgIpc) is 3.44. The molecule has 1 aliphatic rings. The van der Waals surface area contributed by atoms with Crippen LogP contribution in [0.4, 0.5) is 17.5 Å². The number of benzene rings is 1. The van der Waals surface area contributed by atoms with Crippen LogP contribution in [-0.2, 0) is 0 Å². The molecule has 4 aromatic rings. The predicted molar refractivity (Wildman–Crippen MR) is 112 cm³/mol. The van der Waals surface area contributed by atoms with E-state index in [1.54, 1.807) is 36.7 Å². The van der Waals surface area contributed by atoms with E-state index in [0.717, 1.165) is 46.5 Å². The van der Waals surface area contributed by atoms with Crippen molar-refractivity contribution in [1.29, 1.82) is 0 Å². The van der Waals surface area contributed by atoms with Crippen molar-refractivity contribution in [3.63, 3.8) is 0 Å². The molecule has 0 atom stereocenters. The Labute approximate surface area is 166 Å². The lowest BCUT2D eigenvalue weighted by Crippen LogP contribution is -2.10. The molecule has 0 radical (unpaired) electrons. The van der Waals surface area contributed by atoms with E-state index in [4.69, 9.17) is 10.7 Å². The third kappa shape index (κ3) is 3.47. The average molecular weight is 385 g/mol. The van der Waals surface area contributed by atoms with Crippen LogP contribution in [0.2, 0.25) is 0 Å². The minimum atomic E-state index is -0.458. The molecule has 0 unspecified atom stereocenters. The first-order valence-corrected chi connectivity index (χ1v) is 9.40. The molecule has 3 aromatic heterocycles. The molecule has 29 heavy (non-hydrogen) atoms. The number of carbonyl (C=O) groups is 1. The normalized spacial score (nSPS) is 13.4. The number of pyridine rings is 1. The number of amides is 1. The predicted octanol–water partition coefficient (Wildman–Crippen LogP) is 3.44. The van der Waals surface area contributed by atoms with Crippen LogP contribution in [0.25, 0.3) is 22.2 Å². The molecule has 1 aromatic carbocycles. The molecule has 3 heterocycles. The van der Waals surface area contributed by atoms with E-state index < -0.39 is 5.91 Å². The Bertz CT molecular complexity index is 1180. The number of anilines is 3. The number of hydrogen-bond acceptors (Lipinski definition) is 6. The van der Waals surface area contributed by atoms with Crippen molar-refractivity contribution < 1.29 is 4.79 Å². The lowest BCUT2D eigenvalue weighted by molar-refractivity contribution is 0.100. The molecule has 1 amide bonds. The Morgan fingerprint density at radius 3 is 2.52 bits per heavy atom. The van der Waals surface area contributed by atoms with Crippen LogP contribution in [-0.4, -0.2) is 31.9 Å². The molecule has 0 bridgehead atoms. The topological polar surface area (TPSA) is 122 Å². The SMILES string of the molecule is NC(=O)c1ccc(Nc2nc(NC3CC3)c3c(-c4ccncc4)c[nH]c3n2)cc1. The zero-order valence-corrected chi connectivity index (χ0v) is 15.5. The third-order valence-electron chi connectivity index (χ3n) is 4.87. The van der Waals surface area contributed by atoms with Crippen molar-refractivity contribution >= 4 is 34.4 Å². The molecule has 8 heteroatoms. The van der Waals surface area contributed by atoms with Crippen molar-refractivity contribution in [3.05, 3.63) is 60.6 Å². The van der Waals surface area contributed by atoms with Gasteiger partial charge in [0, 0.05) is 41.4 Å². The van der Waals surface area contributed by atoms with Crippen LogP contribution in [0.1, 0.15) is 23.2 Å². The fourth-order valence-corrected chi connectivity index (χ4v) is 3.22. The second kappa shape index (κ2) is 6.90. The van der Waals surface area contributed by atoms with Gasteiger partial charge in [-0.05, 0) is 54.8 Å². The number of aromatic nitrogens is 4. The lowest BCUT2D eigenvalue weighted by atomic mass is 10.1. The van der Waals surface area contributed by atoms with Gasteiger partial charge in [0.05, 0.1) is 5.39 Å². The first kappa shape index (κ1) is 17.2. The van der Waals surface area contributed by atoms with Gasteiger partial charge in [-0.2, -0.15) is 9.97 Å². The van der Waals surface area contributed by atoms with Crippen LogP contribution in [0.15, 0.2) is 55.0 Å². The van der Waals surface area contributed by atoms with Gasteiger partial charge in [-0.15, -0.1) is 0 Å². The maximum Gasteiger partial charge on any atom is 0.248 e. The van der Waals surface area contributed by atoms with Crippen molar-refractivity contribution in [3.8, 4) is 11.1 Å². The van der Waals surface area contributed by atoms with Crippen molar-refractivity contribution in [1.82, 2.24) is 19.9 Å². The van der Waals surface area contributed by atoms with Crippen molar-refractivity contribution in [2.75, 3.05) is 10.6 Å². The Hall–Kier alpha value is -3.94. The van der Waals surface area contributed by atoms with Gasteiger partial charge in [0.15, 0.2) is 0 Å². The van der Waals surface area contributed by atoms with E-state index in [1.807, 2.05) is 18.3 Å². The zero-order valence-electron chi connectivity index (χ0n) is 15.5. The highest BCUT2D eigenvalue weighted by Gasteiger charge is 2.24. The van der Waals surface area contributed by atoms with Gasteiger partial charge >= 0.3 is 0 Å². The molecule has 0 spiro atoms. The zero-order chi connectivity index (χ0) is 19.8. The number of hydrogen-bond donors (Lipinski definition) is 4. The monoisotopic (exact) mass is 385 g/mol. The first-order valence-electron chi connectivity index (χ1n) is 9.40. The second-order valence-electron chi connectivity index (χ2n) is 7.04. The summed E-state index contributed by atoms with van der Waals surface area (Å²) < 4.78 is 0. The summed E-state index contributed by atoms with van der Waals surface area (Å²) >= 11 is 0. The number of nitrogens with two attached hydrogens (primary N) is 1. The Morgan fingerprint density at radius 2 is 1.83 bits per heavy atom. The molecule has 1 aliphatic carbocycles. The molecule has 0 saturated heterocycles. The summed E-state index contributed by atoms with van der Waals surface area (Å²) in [6.45, 7) is 0. The lowest BCUT2D eigenvalue weighted by Gasteiger charge is -2.11. The maximum absolute atomic E-state index is 11.3. The number of nitrogens with zero attached hydrogens (tertiary/aromatic N) is 3. The van der Waals surface area contributed by atoms with Crippen molar-refractivity contribution in [2.45, 2.75) is 18.9 Å². The number of rotatable bonds is 6. The first-order chi connectivity index (χ1) is 14.2. The standard InChI is InChI=1S/C21H19N7O/c22-18(29)13-1-3-15(4-2-13)26-21-27-19-17(20(28-21)25-14-5-6-14)16(11-24-19)12-7-9-23-10-8-12/h1-4,7-11,14H,5-6H2,(H2,22,29)(H3,24,25,26,27,28). The number of H-pyrrole nitrogens is 1. The van der Waals surface area contributed by atoms with Crippen molar-refractivity contribution in [2.24, 2.45) is 5.73 Å². The quantitative estimate of drug-likeness (QED) is 0.403. The van der Waals surface area contributed by atoms with E-state index in [2.05, 4.69) is 25.6 Å². The fraction of sp³-hybridized carbons (Fsp3) is 0.143. The van der Waals surface area contributed by atoms with E-state index >= 15 is 0 Å². The van der Waals surface area contributed by atoms with E-state index in [0.29, 0.717) is 17.6 Å². The Balaban J connectivity index is 1.54. The molecule has 0 aliphatic heterocycles. The Morgan fingerprint density at radius 1 is 1.07 bits per heavy atom. The van der Waals surface area contributed by atoms with Gasteiger partial charge in [0.2, 0.25) is 11.9 Å². The highest BCUT2D eigenvalue weighted by molar-refractivity contribution is 6.01. The second-order valence-corrected chi connectivity index (χ2v) is 7.04. The van der Waals surface area contributed by atoms with Crippen LogP contribution in [0.3, 0.4) is 0 Å². The van der Waals surface area contributed by atoms with Gasteiger partial charge < -0.3 is 21.4 Å². The molecular weight excluding hydrogens is 366 g/mol. The summed E-state index contributed by atoms with van der Waals surface area (Å²) in [5, 5.41) is 7.67. The van der Waals surface area contributed by atoms with Crippen LogP contribution < -0.4 is 16.4 Å². The third-order valence-corrected chi connectivity index (χ3v) is 4.87. The van der Waals surface area contributed by atoms with E-state index in [9.17, 15) is 4.79 Å². The maximum atomic E-state index is 11.3. The van der Waals surface area contributed by atoms with Gasteiger partial charge in [-0.3, -0.25) is 9.78 Å². The number of carbonyl (C=O) groups excluding carboxylic acids is 1. The Kier molecular flexibility index (Phi) is 4.09. The molecular formula is C21H19N7O. The molecule has 1 saturated carbocycles. The molecule has 1 fully saturated rings. The molecule has 5 N–H and O–H groups in total. The smallest absolute Gasteiger partial charge is 0.248 e. The summed E-state index contributed by atoms with van der Waals surface area (Å²) in [7, 11) is 0. The summed E-state index contributed by atoms with van der Waals surface area (Å²) in [5.74, 6) is 0.803. The summed E-state index contributed by atoms with van der Waals surface area (Å²) in [5.41, 5.74) is 9.35. The minimum Gasteiger partial charge on any atom is -0.367 e. The molecule has 8 nitrogen and oxygen atoms in total. The number of nitrogens with one attached hydrogen (secondary N) is 3. The number of primary amides is 1. The highest BCUT2D eigenvalue weighted by Crippen LogP contribution is 2.35. The van der Waals surface area contributed by atoms with E-state index in [-0.39, 0.29) is 0 Å². The fourth-order valence-electron chi connectivity index (χ4n) is 3.22. The van der Waals surface area contributed by atoms with Crippen LogP contribution in [0, 0.1) is 0 Å². The van der Waals surface area contributed by atoms with Gasteiger partial charge in [0.25, 0.3) is 0 Å². The largest absolute Gasteiger partial charge is 0.367 e. The van der Waals surface area contributed by atoms with Crippen LogP contribution in [0.5, 0.6) is 0 Å². The summed E-state index contributed by atoms with van der Waals surface area (Å²) in [6, 6.07) is 11.3. The molecule has 5 rings (SSSR count). The van der Waals surface area contributed by atoms with Gasteiger partial charge in [0.1, 0.15) is 11.5 Å². The highest BCUT2D eigenvalue weighted by atomic mass is 16.1. The summed E-state index contributed by atoms with van der Waals surface area (Å²) in [4.78, 5) is 28.0. The van der Waals surface area contributed by atoms with Gasteiger partial charge in [-0.25, -0.2) is 0 Å². The minimum absolute atomic E-state index is 0.441. The number of fused-ring (bicyclic) bond motifs is 1. The van der Waals surface area contributed by atoms with Crippen LogP contribution >= 0.6 is 0 Å².